The van der Waals surface area contributed by atoms with Gasteiger partial charge in [-0.05, 0) is 0 Å². The van der Waals surface area contributed by atoms with Gasteiger partial charge in [0.05, 0.1) is 0 Å². The molecule has 7 heavy (non-hydrogen) atoms. The van der Waals surface area contributed by atoms with Gasteiger partial charge < -0.3 is 0 Å². The molecule has 2 heteroatoms. The van der Waals surface area contributed by atoms with E-state index in [1.54, 1.807) is 24.7 Å². The molecule has 1 rings (SSSR count). The first-order valence-electron chi connectivity index (χ1n) is 2.19. The molecule has 0 saturated heterocycles. The van der Waals surface area contributed by atoms with Crippen molar-refractivity contribution in [3.8, 4) is 0 Å². The molecule has 0 aromatic heterocycles. The van der Waals surface area contributed by atoms with Crippen molar-refractivity contribution in [3.63, 3.8) is 0 Å². The number of rotatable bonds is 0. The summed E-state index contributed by atoms with van der Waals surface area (Å²) in [5.41, 5.74) is 0. The van der Waals surface area contributed by atoms with Gasteiger partial charge in [-0.1, -0.05) is 0 Å². The molecule has 0 spiro atoms. The monoisotopic (exact) mass is 187 g/mol. The average molecular weight is 188 g/mol. The van der Waals surface area contributed by atoms with Gasteiger partial charge in [0.25, 0.3) is 0 Å². The molecule has 0 nitrogen and oxygen atoms in total. The van der Waals surface area contributed by atoms with E-state index in [2.05, 4.69) is 24.9 Å². The molecule has 0 radical (unpaired) electrons. The topological polar surface area (TPSA) is 0 Å². The van der Waals surface area contributed by atoms with Crippen LogP contribution < -0.4 is 0 Å². The first kappa shape index (κ1) is 5.92. The number of hydrogen-bond acceptors (Lipinski definition) is 0. The van der Waals surface area contributed by atoms with E-state index in [9.17, 15) is 0 Å². The van der Waals surface area contributed by atoms with Crippen LogP contribution in [-0.2, 0) is 24.7 Å². The number of allylic oxidation sites excluding steroid dienone is 2. The van der Waals surface area contributed by atoms with Crippen molar-refractivity contribution in [1.29, 1.82) is 0 Å². The molecule has 35 valence electrons. The molecule has 1 atom stereocenters. The summed E-state index contributed by atoms with van der Waals surface area (Å²) < 4.78 is 0.521. The molecular weight excluding hydrogens is 182 g/mol. The summed E-state index contributed by atoms with van der Waals surface area (Å²) in [6, 6.07) is 0. The summed E-state index contributed by atoms with van der Waals surface area (Å²) >= 11 is 1.62. The molecule has 1 aliphatic heterocycles. The van der Waals surface area contributed by atoms with Gasteiger partial charge in [-0.2, -0.15) is 0 Å². The standard InChI is InChI=1S/C5H6P.Zr/c1-5-3-2-4-6-5;/h2-4H,1H3;. The zero-order valence-electron chi connectivity index (χ0n) is 4.18. The van der Waals surface area contributed by atoms with Crippen molar-refractivity contribution < 1.29 is 24.7 Å². The predicted molar refractivity (Wildman–Crippen MR) is 30.5 cm³/mol. The van der Waals surface area contributed by atoms with E-state index in [1.807, 2.05) is 0 Å². The third kappa shape index (κ3) is 1.63. The zero-order valence-corrected chi connectivity index (χ0v) is 7.53. The van der Waals surface area contributed by atoms with Gasteiger partial charge in [-0.15, -0.1) is 0 Å². The van der Waals surface area contributed by atoms with Gasteiger partial charge in [-0.3, -0.25) is 0 Å². The zero-order chi connectivity index (χ0) is 5.33. The Hall–Kier alpha value is 0.793. The van der Waals surface area contributed by atoms with Crippen LogP contribution in [0, 0.1) is 0 Å². The first-order chi connectivity index (χ1) is 3.21. The maximum absolute atomic E-state index is 2.27. The van der Waals surface area contributed by atoms with Crippen LogP contribution in [0.1, 0.15) is 6.92 Å². The van der Waals surface area contributed by atoms with Gasteiger partial charge in [0.2, 0.25) is 0 Å². The second-order valence-corrected chi connectivity index (χ2v) is 6.86. The normalized spacial score (nSPS) is 39.4. The van der Waals surface area contributed by atoms with Crippen molar-refractivity contribution in [2.24, 2.45) is 0 Å². The quantitative estimate of drug-likeness (QED) is 0.506. The van der Waals surface area contributed by atoms with E-state index in [1.165, 1.54) is 8.20 Å². The van der Waals surface area contributed by atoms with Gasteiger partial charge in [-0.25, -0.2) is 0 Å². The Kier molecular flexibility index (Phi) is 1.66. The molecule has 1 unspecified atom stereocenters. The summed E-state index contributed by atoms with van der Waals surface area (Å²) in [7, 11) is 1.47. The van der Waals surface area contributed by atoms with E-state index < -0.39 is 0 Å². The fraction of sp³-hybridized carbons (Fsp3) is 0.400. The second-order valence-electron chi connectivity index (χ2n) is 1.78. The van der Waals surface area contributed by atoms with Crippen LogP contribution >= 0.6 is 8.20 Å². The second kappa shape index (κ2) is 1.96. The third-order valence-corrected chi connectivity index (χ3v) is 3.22. The molecule has 1 heterocycles. The van der Waals surface area contributed by atoms with Crippen LogP contribution in [0.5, 0.6) is 0 Å². The minimum absolute atomic E-state index is 0.521. The van der Waals surface area contributed by atoms with Crippen LogP contribution in [0.25, 0.3) is 0 Å². The van der Waals surface area contributed by atoms with Crippen molar-refractivity contribution in [2.75, 3.05) is 0 Å². The summed E-state index contributed by atoms with van der Waals surface area (Å²) in [6.45, 7) is 2.27. The third-order valence-electron chi connectivity index (χ3n) is 0.850. The Bertz CT molecular complexity index is 110. The molecule has 0 saturated carbocycles. The SMILES string of the molecule is C[C]1([Zr])C=CC=P1. The van der Waals surface area contributed by atoms with Crippen molar-refractivity contribution in [2.45, 2.75) is 9.79 Å². The summed E-state index contributed by atoms with van der Waals surface area (Å²) in [6.07, 6.45) is 4.42. The van der Waals surface area contributed by atoms with E-state index in [4.69, 9.17) is 0 Å². The molecular formula is C5H6PZr. The Morgan fingerprint density at radius 2 is 2.43 bits per heavy atom. The molecule has 0 aromatic carbocycles. The molecule has 1 aliphatic rings. The maximum atomic E-state index is 2.27. The number of hydrogen-bond donors (Lipinski definition) is 0. The summed E-state index contributed by atoms with van der Waals surface area (Å²) in [5, 5.41) is 0. The van der Waals surface area contributed by atoms with Gasteiger partial charge in [0.1, 0.15) is 0 Å². The van der Waals surface area contributed by atoms with Crippen LogP contribution in [0.2, 0.25) is 0 Å². The van der Waals surface area contributed by atoms with Crippen molar-refractivity contribution >= 4 is 14.0 Å². The fourth-order valence-corrected chi connectivity index (χ4v) is 1.91. The molecule has 0 aromatic rings. The predicted octanol–water partition coefficient (Wildman–Crippen LogP) is 1.57. The Morgan fingerprint density at radius 3 is 2.57 bits per heavy atom. The van der Waals surface area contributed by atoms with E-state index in [-0.39, 0.29) is 0 Å². The molecule has 0 fully saturated rings. The van der Waals surface area contributed by atoms with Gasteiger partial charge in [0.15, 0.2) is 0 Å². The Morgan fingerprint density at radius 1 is 1.71 bits per heavy atom. The first-order valence-corrected chi connectivity index (χ1v) is 4.38. The molecule has 0 amide bonds. The van der Waals surface area contributed by atoms with Gasteiger partial charge >= 0.3 is 60.7 Å². The Balaban J connectivity index is 2.77. The average Bonchev–Trinajstić information content (AvgIpc) is 1.84. The van der Waals surface area contributed by atoms with Crippen molar-refractivity contribution in [3.05, 3.63) is 12.2 Å². The van der Waals surface area contributed by atoms with E-state index in [0.717, 1.165) is 0 Å². The molecule has 0 N–H and O–H groups in total. The fourth-order valence-electron chi connectivity index (χ4n) is 0.471. The Labute approximate surface area is 60.6 Å². The molecule has 0 bridgehead atoms. The van der Waals surface area contributed by atoms with Crippen molar-refractivity contribution in [1.82, 2.24) is 0 Å². The van der Waals surface area contributed by atoms with Crippen LogP contribution in [0.3, 0.4) is 0 Å². The summed E-state index contributed by atoms with van der Waals surface area (Å²) in [4.78, 5) is 0. The van der Waals surface area contributed by atoms with E-state index >= 15 is 0 Å². The minimum atomic E-state index is 0.521. The van der Waals surface area contributed by atoms with Crippen LogP contribution in [-0.4, -0.2) is 8.66 Å². The van der Waals surface area contributed by atoms with Gasteiger partial charge in [0, 0.05) is 0 Å². The van der Waals surface area contributed by atoms with E-state index in [0.29, 0.717) is 2.86 Å². The molecule has 0 aliphatic carbocycles. The summed E-state index contributed by atoms with van der Waals surface area (Å²) in [5.74, 6) is 2.20. The van der Waals surface area contributed by atoms with Crippen LogP contribution in [0.15, 0.2) is 12.2 Å². The van der Waals surface area contributed by atoms with Crippen LogP contribution in [0.4, 0.5) is 0 Å².